The third kappa shape index (κ3) is 1.70. The average Bonchev–Trinajstić information content (AvgIpc) is 2.35. The number of ether oxygens (including phenoxy) is 1. The van der Waals surface area contributed by atoms with Gasteiger partial charge in [-0.3, -0.25) is 4.79 Å². The lowest BCUT2D eigenvalue weighted by Gasteiger charge is -2.16. The summed E-state index contributed by atoms with van der Waals surface area (Å²) in [5.74, 6) is 1.25. The Morgan fingerprint density at radius 1 is 1.12 bits per heavy atom. The number of Topliss-reactive ketones (excluding diaryl/α,β-unsaturated/α-hetero) is 1. The van der Waals surface area contributed by atoms with Gasteiger partial charge >= 0.3 is 0 Å². The molecule has 1 aliphatic carbocycles. The summed E-state index contributed by atoms with van der Waals surface area (Å²) in [6.07, 6.45) is 2.12. The Morgan fingerprint density at radius 3 is 2.82 bits per heavy atom. The summed E-state index contributed by atoms with van der Waals surface area (Å²) in [6.45, 7) is 0. The van der Waals surface area contributed by atoms with Gasteiger partial charge in [0.1, 0.15) is 11.5 Å². The Labute approximate surface area is 100 Å². The van der Waals surface area contributed by atoms with Gasteiger partial charge in [0.15, 0.2) is 0 Å². The molecule has 86 valence electrons. The maximum absolute atomic E-state index is 11.5. The van der Waals surface area contributed by atoms with Crippen molar-refractivity contribution in [1.82, 2.24) is 0 Å². The molecule has 0 spiro atoms. The Bertz CT molecular complexity index is 599. The predicted molar refractivity (Wildman–Crippen MR) is 67.5 cm³/mol. The Hall–Kier alpha value is -1.83. The minimum atomic E-state index is 0.347. The maximum Gasteiger partial charge on any atom is 0.137 e. The van der Waals surface area contributed by atoms with Crippen molar-refractivity contribution in [3.8, 4) is 5.75 Å². The molecule has 0 N–H and O–H groups in total. The average molecular weight is 226 g/mol. The molecule has 1 aliphatic rings. The molecule has 0 radical (unpaired) electrons. The predicted octanol–water partition coefficient (Wildman–Crippen LogP) is 2.91. The van der Waals surface area contributed by atoms with E-state index >= 15 is 0 Å². The second-order valence-electron chi connectivity index (χ2n) is 4.52. The lowest BCUT2D eigenvalue weighted by atomic mass is 9.88. The smallest absolute Gasteiger partial charge is 0.137 e. The van der Waals surface area contributed by atoms with Crippen molar-refractivity contribution >= 4 is 16.6 Å². The van der Waals surface area contributed by atoms with E-state index in [9.17, 15) is 4.79 Å². The third-order valence-corrected chi connectivity index (χ3v) is 3.44. The quantitative estimate of drug-likeness (QED) is 0.747. The van der Waals surface area contributed by atoms with Crippen LogP contribution in [0.15, 0.2) is 30.3 Å². The molecular weight excluding hydrogens is 212 g/mol. The van der Waals surface area contributed by atoms with Crippen LogP contribution in [0.3, 0.4) is 0 Å². The normalized spacial score (nSPS) is 14.8. The minimum absolute atomic E-state index is 0.347. The zero-order valence-corrected chi connectivity index (χ0v) is 9.82. The SMILES string of the molecule is COc1cccc2cc3c(cc12)CCC(=O)C3. The summed E-state index contributed by atoms with van der Waals surface area (Å²) in [4.78, 5) is 11.5. The number of carbonyl (C=O) groups excluding carboxylic acids is 1. The first-order chi connectivity index (χ1) is 8.28. The first-order valence-corrected chi connectivity index (χ1v) is 5.88. The fourth-order valence-corrected chi connectivity index (χ4v) is 2.54. The van der Waals surface area contributed by atoms with Gasteiger partial charge in [0.2, 0.25) is 0 Å². The minimum Gasteiger partial charge on any atom is -0.496 e. The van der Waals surface area contributed by atoms with Crippen molar-refractivity contribution in [2.75, 3.05) is 7.11 Å². The van der Waals surface area contributed by atoms with Gasteiger partial charge in [-0.1, -0.05) is 18.2 Å². The van der Waals surface area contributed by atoms with Crippen LogP contribution in [-0.2, 0) is 17.6 Å². The Morgan fingerprint density at radius 2 is 2.00 bits per heavy atom. The van der Waals surface area contributed by atoms with Gasteiger partial charge in [0.05, 0.1) is 7.11 Å². The van der Waals surface area contributed by atoms with E-state index in [2.05, 4.69) is 18.2 Å². The first kappa shape index (κ1) is 10.3. The number of methoxy groups -OCH3 is 1. The van der Waals surface area contributed by atoms with Gasteiger partial charge < -0.3 is 4.74 Å². The summed E-state index contributed by atoms with van der Waals surface area (Å²) in [7, 11) is 1.69. The number of aryl methyl sites for hydroxylation is 1. The number of carbonyl (C=O) groups is 1. The van der Waals surface area contributed by atoms with Crippen LogP contribution in [0.25, 0.3) is 10.8 Å². The number of fused-ring (bicyclic) bond motifs is 2. The second-order valence-corrected chi connectivity index (χ2v) is 4.52. The summed E-state index contributed by atoms with van der Waals surface area (Å²) in [5, 5.41) is 2.29. The van der Waals surface area contributed by atoms with Gasteiger partial charge in [-0.25, -0.2) is 0 Å². The molecule has 0 amide bonds. The van der Waals surface area contributed by atoms with Gasteiger partial charge in [0, 0.05) is 18.2 Å². The molecule has 2 aromatic rings. The van der Waals surface area contributed by atoms with Crippen LogP contribution in [0.4, 0.5) is 0 Å². The molecule has 0 saturated heterocycles. The van der Waals surface area contributed by atoms with Crippen LogP contribution in [0.1, 0.15) is 17.5 Å². The molecule has 0 fully saturated rings. The largest absolute Gasteiger partial charge is 0.496 e. The Balaban J connectivity index is 2.24. The number of rotatable bonds is 1. The number of hydrogen-bond acceptors (Lipinski definition) is 2. The highest BCUT2D eigenvalue weighted by molar-refractivity contribution is 5.92. The third-order valence-electron chi connectivity index (χ3n) is 3.44. The van der Waals surface area contributed by atoms with E-state index in [1.807, 2.05) is 12.1 Å². The van der Waals surface area contributed by atoms with Crippen LogP contribution in [0, 0.1) is 0 Å². The molecular formula is C15H14O2. The van der Waals surface area contributed by atoms with E-state index in [0.717, 1.165) is 22.9 Å². The zero-order chi connectivity index (χ0) is 11.8. The van der Waals surface area contributed by atoms with E-state index in [1.54, 1.807) is 7.11 Å². The highest BCUT2D eigenvalue weighted by Gasteiger charge is 2.16. The molecule has 2 heteroatoms. The highest BCUT2D eigenvalue weighted by atomic mass is 16.5. The molecule has 0 bridgehead atoms. The van der Waals surface area contributed by atoms with Crippen molar-refractivity contribution in [3.05, 3.63) is 41.5 Å². The summed E-state index contributed by atoms with van der Waals surface area (Å²) >= 11 is 0. The standard InChI is InChI=1S/C15H14O2/c1-17-15-4-2-3-11-7-12-8-13(16)6-5-10(12)9-14(11)15/h2-4,7,9H,5-6,8H2,1H3. The highest BCUT2D eigenvalue weighted by Crippen LogP contribution is 2.30. The Kier molecular flexibility index (Phi) is 2.36. The topological polar surface area (TPSA) is 26.3 Å². The molecule has 0 aromatic heterocycles. The number of benzene rings is 2. The lowest BCUT2D eigenvalue weighted by molar-refractivity contribution is -0.118. The van der Waals surface area contributed by atoms with E-state index in [-0.39, 0.29) is 0 Å². The lowest BCUT2D eigenvalue weighted by Crippen LogP contribution is -2.13. The summed E-state index contributed by atoms with van der Waals surface area (Å²) in [5.41, 5.74) is 2.48. The molecule has 0 heterocycles. The van der Waals surface area contributed by atoms with Crippen molar-refractivity contribution in [2.45, 2.75) is 19.3 Å². The molecule has 0 unspecified atom stereocenters. The zero-order valence-electron chi connectivity index (χ0n) is 9.82. The van der Waals surface area contributed by atoms with Crippen LogP contribution in [-0.4, -0.2) is 12.9 Å². The van der Waals surface area contributed by atoms with E-state index in [0.29, 0.717) is 18.6 Å². The summed E-state index contributed by atoms with van der Waals surface area (Å²) in [6, 6.07) is 10.3. The maximum atomic E-state index is 11.5. The van der Waals surface area contributed by atoms with E-state index < -0.39 is 0 Å². The number of ketones is 1. The molecule has 3 rings (SSSR count). The van der Waals surface area contributed by atoms with Gasteiger partial charge in [0.25, 0.3) is 0 Å². The first-order valence-electron chi connectivity index (χ1n) is 5.88. The van der Waals surface area contributed by atoms with Crippen molar-refractivity contribution < 1.29 is 9.53 Å². The van der Waals surface area contributed by atoms with Crippen LogP contribution in [0.5, 0.6) is 5.75 Å². The molecule has 0 saturated carbocycles. The molecule has 2 nitrogen and oxygen atoms in total. The number of hydrogen-bond donors (Lipinski definition) is 0. The van der Waals surface area contributed by atoms with Crippen molar-refractivity contribution in [1.29, 1.82) is 0 Å². The monoisotopic (exact) mass is 226 g/mol. The molecule has 17 heavy (non-hydrogen) atoms. The summed E-state index contributed by atoms with van der Waals surface area (Å²) < 4.78 is 5.37. The second kappa shape index (κ2) is 3.88. The van der Waals surface area contributed by atoms with Crippen LogP contribution < -0.4 is 4.74 Å². The molecule has 2 aromatic carbocycles. The fraction of sp³-hybridized carbons (Fsp3) is 0.267. The van der Waals surface area contributed by atoms with E-state index in [4.69, 9.17) is 4.74 Å². The fourth-order valence-electron chi connectivity index (χ4n) is 2.54. The van der Waals surface area contributed by atoms with Crippen LogP contribution >= 0.6 is 0 Å². The molecule has 0 aliphatic heterocycles. The molecule has 0 atom stereocenters. The van der Waals surface area contributed by atoms with Crippen LogP contribution in [0.2, 0.25) is 0 Å². The van der Waals surface area contributed by atoms with Gasteiger partial charge in [-0.05, 0) is 35.1 Å². The van der Waals surface area contributed by atoms with Crippen molar-refractivity contribution in [3.63, 3.8) is 0 Å². The van der Waals surface area contributed by atoms with E-state index in [1.165, 1.54) is 11.1 Å². The van der Waals surface area contributed by atoms with Gasteiger partial charge in [-0.15, -0.1) is 0 Å². The van der Waals surface area contributed by atoms with Crippen molar-refractivity contribution in [2.24, 2.45) is 0 Å². The van der Waals surface area contributed by atoms with Gasteiger partial charge in [-0.2, -0.15) is 0 Å².